The molecule has 52 valence electrons. The van der Waals surface area contributed by atoms with Gasteiger partial charge in [0.05, 0.1) is 6.10 Å². The highest BCUT2D eigenvalue weighted by Crippen LogP contribution is 2.51. The molecule has 1 atom stereocenters. The fourth-order valence-corrected chi connectivity index (χ4v) is 1.64. The molecule has 2 rings (SSSR count). The summed E-state index contributed by atoms with van der Waals surface area (Å²) < 4.78 is 0. The summed E-state index contributed by atoms with van der Waals surface area (Å²) >= 11 is 0. The van der Waals surface area contributed by atoms with Crippen molar-refractivity contribution in [3.63, 3.8) is 0 Å². The first-order chi connectivity index (χ1) is 4.23. The average molecular weight is 128 g/mol. The Balaban J connectivity index is 2.10. The number of hydrazine groups is 1. The zero-order valence-corrected chi connectivity index (χ0v) is 5.38. The van der Waals surface area contributed by atoms with Gasteiger partial charge in [-0.05, 0) is 12.8 Å². The van der Waals surface area contributed by atoms with Crippen molar-refractivity contribution in [1.29, 1.82) is 0 Å². The zero-order valence-electron chi connectivity index (χ0n) is 5.38. The van der Waals surface area contributed by atoms with Crippen LogP contribution in [0.1, 0.15) is 12.8 Å². The van der Waals surface area contributed by atoms with Gasteiger partial charge in [0.15, 0.2) is 0 Å². The maximum absolute atomic E-state index is 9.37. The highest BCUT2D eigenvalue weighted by Gasteiger charge is 2.53. The van der Waals surface area contributed by atoms with Crippen molar-refractivity contribution in [2.45, 2.75) is 18.9 Å². The first-order valence-electron chi connectivity index (χ1n) is 3.41. The van der Waals surface area contributed by atoms with Crippen molar-refractivity contribution in [2.24, 2.45) is 11.3 Å². The molecule has 0 amide bonds. The molecular formula is C6H12N2O. The molecule has 2 fully saturated rings. The predicted octanol–water partition coefficient (Wildman–Crippen LogP) is -0.683. The van der Waals surface area contributed by atoms with Crippen molar-refractivity contribution in [1.82, 2.24) is 5.01 Å². The van der Waals surface area contributed by atoms with Gasteiger partial charge in [-0.25, -0.2) is 5.01 Å². The zero-order chi connectivity index (χ0) is 6.48. The van der Waals surface area contributed by atoms with Crippen molar-refractivity contribution >= 4 is 0 Å². The topological polar surface area (TPSA) is 49.5 Å². The molecule has 1 saturated heterocycles. The molecule has 1 spiro atoms. The second-order valence-corrected chi connectivity index (χ2v) is 3.31. The maximum Gasteiger partial charge on any atom is 0.0749 e. The van der Waals surface area contributed by atoms with Crippen LogP contribution in [0.25, 0.3) is 0 Å². The van der Waals surface area contributed by atoms with Crippen molar-refractivity contribution in [3.05, 3.63) is 0 Å². The number of aliphatic hydroxyl groups is 1. The third-order valence-corrected chi connectivity index (χ3v) is 2.52. The Labute approximate surface area is 54.4 Å². The third kappa shape index (κ3) is 0.689. The number of nitrogens with two attached hydrogens (primary N) is 1. The number of aliphatic hydroxyl groups excluding tert-OH is 1. The van der Waals surface area contributed by atoms with Gasteiger partial charge >= 0.3 is 0 Å². The van der Waals surface area contributed by atoms with Crippen molar-refractivity contribution < 1.29 is 5.11 Å². The molecule has 0 aromatic rings. The maximum atomic E-state index is 9.37. The summed E-state index contributed by atoms with van der Waals surface area (Å²) in [7, 11) is 0. The van der Waals surface area contributed by atoms with Crippen LogP contribution in [0.4, 0.5) is 0 Å². The number of hydrogen-bond acceptors (Lipinski definition) is 3. The lowest BCUT2D eigenvalue weighted by atomic mass is 10.0. The van der Waals surface area contributed by atoms with Crippen LogP contribution < -0.4 is 5.84 Å². The number of nitrogens with zero attached hydrogens (tertiary/aromatic N) is 1. The van der Waals surface area contributed by atoms with E-state index in [0.29, 0.717) is 6.54 Å². The number of rotatable bonds is 0. The standard InChI is InChI=1S/C6H12N2O/c7-8-3-5(9)6(4-8)1-2-6/h5,9H,1-4,7H2. The van der Waals surface area contributed by atoms with Crippen LogP contribution in [0.15, 0.2) is 0 Å². The fourth-order valence-electron chi connectivity index (χ4n) is 1.64. The van der Waals surface area contributed by atoms with E-state index in [2.05, 4.69) is 0 Å². The van der Waals surface area contributed by atoms with Gasteiger partial charge in [0.25, 0.3) is 0 Å². The Morgan fingerprint density at radius 1 is 1.56 bits per heavy atom. The Hall–Kier alpha value is -0.120. The highest BCUT2D eigenvalue weighted by molar-refractivity contribution is 5.05. The molecule has 3 N–H and O–H groups in total. The Kier molecular flexibility index (Phi) is 0.928. The fraction of sp³-hybridized carbons (Fsp3) is 1.00. The van der Waals surface area contributed by atoms with Gasteiger partial charge in [0.2, 0.25) is 0 Å². The van der Waals surface area contributed by atoms with Gasteiger partial charge in [-0.2, -0.15) is 0 Å². The molecule has 1 saturated carbocycles. The van der Waals surface area contributed by atoms with E-state index in [9.17, 15) is 5.11 Å². The van der Waals surface area contributed by atoms with Gasteiger partial charge in [0.1, 0.15) is 0 Å². The Morgan fingerprint density at radius 3 is 2.44 bits per heavy atom. The molecule has 2 aliphatic rings. The smallest absolute Gasteiger partial charge is 0.0749 e. The molecule has 3 nitrogen and oxygen atoms in total. The summed E-state index contributed by atoms with van der Waals surface area (Å²) in [6, 6.07) is 0. The molecule has 3 heteroatoms. The summed E-state index contributed by atoms with van der Waals surface area (Å²) in [5.74, 6) is 5.51. The minimum absolute atomic E-state index is 0.150. The normalized spacial score (nSPS) is 40.0. The van der Waals surface area contributed by atoms with E-state index < -0.39 is 0 Å². The Morgan fingerprint density at radius 2 is 2.22 bits per heavy atom. The van der Waals surface area contributed by atoms with E-state index in [0.717, 1.165) is 6.54 Å². The van der Waals surface area contributed by atoms with Crippen LogP contribution in [0, 0.1) is 5.41 Å². The number of β-amino-alcohol motifs (C(OH)–C–C–N with tert-alkyl or cyclic N) is 1. The van der Waals surface area contributed by atoms with Crippen molar-refractivity contribution in [3.8, 4) is 0 Å². The second-order valence-electron chi connectivity index (χ2n) is 3.31. The third-order valence-electron chi connectivity index (χ3n) is 2.52. The molecule has 0 aromatic carbocycles. The van der Waals surface area contributed by atoms with Gasteiger partial charge in [-0.3, -0.25) is 5.84 Å². The lowest BCUT2D eigenvalue weighted by Crippen LogP contribution is -2.28. The van der Waals surface area contributed by atoms with E-state index in [1.54, 1.807) is 5.01 Å². The van der Waals surface area contributed by atoms with Gasteiger partial charge in [0, 0.05) is 18.5 Å². The quantitative estimate of drug-likeness (QED) is 0.425. The van der Waals surface area contributed by atoms with Crippen molar-refractivity contribution in [2.75, 3.05) is 13.1 Å². The van der Waals surface area contributed by atoms with Gasteiger partial charge < -0.3 is 5.11 Å². The lowest BCUT2D eigenvalue weighted by molar-refractivity contribution is 0.131. The van der Waals surface area contributed by atoms with Gasteiger partial charge in [-0.1, -0.05) is 0 Å². The highest BCUT2D eigenvalue weighted by atomic mass is 16.3. The molecule has 9 heavy (non-hydrogen) atoms. The van der Waals surface area contributed by atoms with Gasteiger partial charge in [-0.15, -0.1) is 0 Å². The Bertz CT molecular complexity index is 133. The van der Waals surface area contributed by atoms with E-state index in [1.165, 1.54) is 12.8 Å². The molecule has 1 aliphatic heterocycles. The summed E-state index contributed by atoms with van der Waals surface area (Å²) in [4.78, 5) is 0. The second kappa shape index (κ2) is 1.48. The first kappa shape index (κ1) is 5.65. The molecule has 1 heterocycles. The molecule has 0 aromatic heterocycles. The largest absolute Gasteiger partial charge is 0.391 e. The molecule has 0 bridgehead atoms. The number of hydrogen-bond donors (Lipinski definition) is 2. The van der Waals surface area contributed by atoms with E-state index >= 15 is 0 Å². The van der Waals surface area contributed by atoms with Crippen LogP contribution in [-0.2, 0) is 0 Å². The summed E-state index contributed by atoms with van der Waals surface area (Å²) in [5.41, 5.74) is 0.231. The van der Waals surface area contributed by atoms with Crippen LogP contribution in [0.3, 0.4) is 0 Å². The van der Waals surface area contributed by atoms with Crippen LogP contribution >= 0.6 is 0 Å². The monoisotopic (exact) mass is 128 g/mol. The SMILES string of the molecule is NN1CC(O)C2(CC2)C1. The summed E-state index contributed by atoms with van der Waals surface area (Å²) in [5, 5.41) is 11.1. The van der Waals surface area contributed by atoms with Crippen LogP contribution in [0.2, 0.25) is 0 Å². The summed E-state index contributed by atoms with van der Waals surface area (Å²) in [6.45, 7) is 1.56. The molecule has 0 radical (unpaired) electrons. The average Bonchev–Trinajstić information content (AvgIpc) is 2.42. The minimum atomic E-state index is -0.150. The molecular weight excluding hydrogens is 116 g/mol. The van der Waals surface area contributed by atoms with Crippen LogP contribution in [0.5, 0.6) is 0 Å². The van der Waals surface area contributed by atoms with Crippen LogP contribution in [-0.4, -0.2) is 29.3 Å². The molecule has 1 aliphatic carbocycles. The van der Waals surface area contributed by atoms with E-state index in [-0.39, 0.29) is 11.5 Å². The summed E-state index contributed by atoms with van der Waals surface area (Å²) in [6.07, 6.45) is 2.19. The predicted molar refractivity (Wildman–Crippen MR) is 33.4 cm³/mol. The lowest BCUT2D eigenvalue weighted by Gasteiger charge is -2.07. The minimum Gasteiger partial charge on any atom is -0.391 e. The van der Waals surface area contributed by atoms with E-state index in [1.807, 2.05) is 0 Å². The molecule has 1 unspecified atom stereocenters. The first-order valence-corrected chi connectivity index (χ1v) is 3.41. The van der Waals surface area contributed by atoms with E-state index in [4.69, 9.17) is 5.84 Å².